The average molecular weight is 340 g/mol. The first-order valence-corrected chi connectivity index (χ1v) is 9.18. The number of nitrogens with one attached hydrogen (secondary N) is 2. The zero-order valence-corrected chi connectivity index (χ0v) is 14.5. The highest BCUT2D eigenvalue weighted by Gasteiger charge is 2.57. The summed E-state index contributed by atoms with van der Waals surface area (Å²) in [6, 6.07) is 7.36. The second kappa shape index (κ2) is 6.30. The van der Waals surface area contributed by atoms with E-state index < -0.39 is 0 Å². The summed E-state index contributed by atoms with van der Waals surface area (Å²) in [6.45, 7) is 2.72. The van der Waals surface area contributed by atoms with E-state index in [1.54, 1.807) is 6.07 Å². The van der Waals surface area contributed by atoms with E-state index >= 15 is 0 Å². The van der Waals surface area contributed by atoms with E-state index in [1.807, 2.05) is 25.1 Å². The van der Waals surface area contributed by atoms with Gasteiger partial charge in [0.25, 0.3) is 5.91 Å². The Bertz CT molecular complexity index is 851. The molecule has 25 heavy (non-hydrogen) atoms. The molecule has 2 atom stereocenters. The molecule has 4 rings (SSSR count). The number of fused-ring (bicyclic) bond motifs is 1. The van der Waals surface area contributed by atoms with E-state index in [0.29, 0.717) is 12.0 Å². The lowest BCUT2D eigenvalue weighted by molar-refractivity contribution is -0.127. The molecular weight excluding hydrogens is 316 g/mol. The van der Waals surface area contributed by atoms with Gasteiger partial charge < -0.3 is 15.0 Å². The summed E-state index contributed by atoms with van der Waals surface area (Å²) in [5.41, 5.74) is 0.783. The van der Waals surface area contributed by atoms with Gasteiger partial charge in [-0.05, 0) is 38.3 Å². The number of para-hydroxylation sites is 1. The van der Waals surface area contributed by atoms with Crippen LogP contribution in [0.1, 0.15) is 49.4 Å². The number of pyridine rings is 1. The largest absolute Gasteiger partial charge is 0.378 e. The third-order valence-electron chi connectivity index (χ3n) is 6.03. The molecule has 1 spiro atoms. The van der Waals surface area contributed by atoms with Crippen LogP contribution in [-0.2, 0) is 4.74 Å². The van der Waals surface area contributed by atoms with E-state index in [9.17, 15) is 9.59 Å². The van der Waals surface area contributed by atoms with Crippen molar-refractivity contribution in [2.45, 2.75) is 51.2 Å². The van der Waals surface area contributed by atoms with Crippen LogP contribution in [0.15, 0.2) is 35.3 Å². The Morgan fingerprint density at radius 1 is 1.32 bits per heavy atom. The predicted octanol–water partition coefficient (Wildman–Crippen LogP) is 3.00. The molecule has 1 amide bonds. The summed E-state index contributed by atoms with van der Waals surface area (Å²) in [5, 5.41) is 3.67. The third-order valence-corrected chi connectivity index (χ3v) is 6.03. The van der Waals surface area contributed by atoms with Gasteiger partial charge in [-0.1, -0.05) is 25.0 Å². The Morgan fingerprint density at radius 2 is 2.08 bits per heavy atom. The minimum absolute atomic E-state index is 0.0648. The van der Waals surface area contributed by atoms with Crippen molar-refractivity contribution in [3.63, 3.8) is 0 Å². The molecule has 5 nitrogen and oxygen atoms in total. The number of carbonyl (C=O) groups excluding carboxylic acids is 1. The lowest BCUT2D eigenvalue weighted by atomic mass is 9.60. The fourth-order valence-corrected chi connectivity index (χ4v) is 4.66. The first-order chi connectivity index (χ1) is 12.2. The molecule has 2 fully saturated rings. The number of aromatic amines is 1. The zero-order valence-electron chi connectivity index (χ0n) is 14.5. The standard InChI is InChI=1S/C20H24N2O3/c1-2-25-17-11-16(20(17)9-5-6-10-20)22-19(24)14-12-21-15-8-4-3-7-13(15)18(14)23/h3-4,7-8,12,16-17H,2,5-6,9-11H2,1H3,(H,21,23)(H,22,24)/t16-,17+/m0/s1. The molecule has 1 heterocycles. The fraction of sp³-hybridized carbons (Fsp3) is 0.500. The smallest absolute Gasteiger partial charge is 0.257 e. The van der Waals surface area contributed by atoms with Crippen molar-refractivity contribution >= 4 is 16.8 Å². The van der Waals surface area contributed by atoms with Crippen molar-refractivity contribution in [1.82, 2.24) is 10.3 Å². The molecule has 132 valence electrons. The lowest BCUT2D eigenvalue weighted by Gasteiger charge is -2.54. The van der Waals surface area contributed by atoms with Crippen molar-refractivity contribution in [2.24, 2.45) is 5.41 Å². The summed E-state index contributed by atoms with van der Waals surface area (Å²) in [7, 11) is 0. The van der Waals surface area contributed by atoms with Gasteiger partial charge in [0.1, 0.15) is 5.56 Å². The highest BCUT2D eigenvalue weighted by atomic mass is 16.5. The Kier molecular flexibility index (Phi) is 4.12. The number of amides is 1. The van der Waals surface area contributed by atoms with Crippen molar-refractivity contribution in [3.05, 3.63) is 46.2 Å². The molecule has 1 aromatic heterocycles. The van der Waals surface area contributed by atoms with Gasteiger partial charge >= 0.3 is 0 Å². The van der Waals surface area contributed by atoms with Crippen LogP contribution >= 0.6 is 0 Å². The van der Waals surface area contributed by atoms with Gasteiger partial charge in [-0.25, -0.2) is 0 Å². The second-order valence-electron chi connectivity index (χ2n) is 7.22. The molecule has 2 aliphatic rings. The van der Waals surface area contributed by atoms with Crippen LogP contribution in [0.3, 0.4) is 0 Å². The van der Waals surface area contributed by atoms with E-state index in [4.69, 9.17) is 4.74 Å². The summed E-state index contributed by atoms with van der Waals surface area (Å²) in [5.74, 6) is -0.279. The van der Waals surface area contributed by atoms with Crippen LogP contribution in [0.25, 0.3) is 10.9 Å². The number of ether oxygens (including phenoxy) is 1. The van der Waals surface area contributed by atoms with Crippen LogP contribution in [0.2, 0.25) is 0 Å². The molecule has 0 bridgehead atoms. The normalized spacial score (nSPS) is 24.4. The Morgan fingerprint density at radius 3 is 2.84 bits per heavy atom. The zero-order chi connectivity index (χ0) is 17.4. The van der Waals surface area contributed by atoms with E-state index in [-0.39, 0.29) is 34.5 Å². The van der Waals surface area contributed by atoms with Gasteiger partial charge in [0, 0.05) is 35.2 Å². The number of hydrogen-bond donors (Lipinski definition) is 2. The van der Waals surface area contributed by atoms with Gasteiger partial charge in [-0.15, -0.1) is 0 Å². The number of aromatic nitrogens is 1. The van der Waals surface area contributed by atoms with Crippen molar-refractivity contribution < 1.29 is 9.53 Å². The maximum atomic E-state index is 12.7. The van der Waals surface area contributed by atoms with Crippen molar-refractivity contribution in [1.29, 1.82) is 0 Å². The molecule has 0 saturated heterocycles. The molecule has 2 aromatic rings. The molecule has 2 saturated carbocycles. The van der Waals surface area contributed by atoms with Crippen molar-refractivity contribution in [3.8, 4) is 0 Å². The number of hydrogen-bond acceptors (Lipinski definition) is 3. The van der Waals surface area contributed by atoms with Gasteiger partial charge in [0.05, 0.1) is 6.10 Å². The third kappa shape index (κ3) is 2.58. The summed E-state index contributed by atoms with van der Waals surface area (Å²) in [6.07, 6.45) is 7.16. The van der Waals surface area contributed by atoms with Gasteiger partial charge in [-0.2, -0.15) is 0 Å². The topological polar surface area (TPSA) is 71.2 Å². The van der Waals surface area contributed by atoms with Crippen LogP contribution in [-0.4, -0.2) is 29.6 Å². The molecular formula is C20H24N2O3. The minimum Gasteiger partial charge on any atom is -0.378 e. The molecule has 2 aliphatic carbocycles. The predicted molar refractivity (Wildman–Crippen MR) is 96.8 cm³/mol. The van der Waals surface area contributed by atoms with Crippen LogP contribution < -0.4 is 10.7 Å². The van der Waals surface area contributed by atoms with Gasteiger partial charge in [-0.3, -0.25) is 9.59 Å². The summed E-state index contributed by atoms with van der Waals surface area (Å²) >= 11 is 0. The van der Waals surface area contributed by atoms with Crippen LogP contribution in [0.5, 0.6) is 0 Å². The highest BCUT2D eigenvalue weighted by Crippen LogP contribution is 2.54. The molecule has 5 heteroatoms. The maximum absolute atomic E-state index is 12.7. The number of H-pyrrole nitrogens is 1. The highest BCUT2D eigenvalue weighted by molar-refractivity contribution is 5.97. The first kappa shape index (κ1) is 16.3. The fourth-order valence-electron chi connectivity index (χ4n) is 4.66. The van der Waals surface area contributed by atoms with E-state index in [0.717, 1.165) is 24.8 Å². The first-order valence-electron chi connectivity index (χ1n) is 9.18. The van der Waals surface area contributed by atoms with E-state index in [2.05, 4.69) is 10.3 Å². The minimum atomic E-state index is -0.279. The number of carbonyl (C=O) groups is 1. The molecule has 1 aromatic carbocycles. The van der Waals surface area contributed by atoms with Crippen LogP contribution in [0.4, 0.5) is 0 Å². The van der Waals surface area contributed by atoms with Crippen LogP contribution in [0, 0.1) is 5.41 Å². The number of rotatable bonds is 4. The number of benzene rings is 1. The summed E-state index contributed by atoms with van der Waals surface area (Å²) < 4.78 is 5.90. The molecule has 2 N–H and O–H groups in total. The molecule has 0 radical (unpaired) electrons. The lowest BCUT2D eigenvalue weighted by Crippen LogP contribution is -2.63. The van der Waals surface area contributed by atoms with Gasteiger partial charge in [0.2, 0.25) is 5.43 Å². The SMILES string of the molecule is CCO[C@@H]1C[C@H](NC(=O)c2c[nH]c3ccccc3c2=O)C12CCCC2. The maximum Gasteiger partial charge on any atom is 0.257 e. The van der Waals surface area contributed by atoms with Crippen molar-refractivity contribution in [2.75, 3.05) is 6.61 Å². The summed E-state index contributed by atoms with van der Waals surface area (Å²) in [4.78, 5) is 28.4. The Hall–Kier alpha value is -2.14. The quantitative estimate of drug-likeness (QED) is 0.899. The average Bonchev–Trinajstić information content (AvgIpc) is 3.14. The second-order valence-corrected chi connectivity index (χ2v) is 7.22. The molecule has 0 aliphatic heterocycles. The molecule has 0 unspecified atom stereocenters. The van der Waals surface area contributed by atoms with E-state index in [1.165, 1.54) is 19.0 Å². The monoisotopic (exact) mass is 340 g/mol. The Labute approximate surface area is 146 Å². The van der Waals surface area contributed by atoms with Gasteiger partial charge in [0.15, 0.2) is 0 Å². The Balaban J connectivity index is 1.57.